The van der Waals surface area contributed by atoms with Gasteiger partial charge in [-0.1, -0.05) is 43.1 Å². The molecule has 0 aliphatic carbocycles. The Morgan fingerprint density at radius 3 is 2.29 bits per heavy atom. The first-order valence-electron chi connectivity index (χ1n) is 6.81. The molecule has 0 spiro atoms. The van der Waals surface area contributed by atoms with Crippen LogP contribution in [-0.4, -0.2) is 24.9 Å². The lowest BCUT2D eigenvalue weighted by Crippen LogP contribution is -2.38. The third-order valence-electron chi connectivity index (χ3n) is 2.84. The van der Waals surface area contributed by atoms with Crippen LogP contribution < -0.4 is 10.2 Å². The molecule has 0 atom stereocenters. The second kappa shape index (κ2) is 8.25. The largest absolute Gasteiger partial charge is 0.354 e. The molecule has 2 amide bonds. The highest BCUT2D eigenvalue weighted by Crippen LogP contribution is 2.33. The molecule has 1 rings (SSSR count). The molecule has 1 aromatic carbocycles. The van der Waals surface area contributed by atoms with Crippen LogP contribution >= 0.6 is 23.2 Å². The summed E-state index contributed by atoms with van der Waals surface area (Å²) in [6.07, 6.45) is 0.465. The molecule has 0 aromatic heterocycles. The molecular weight excluding hydrogens is 311 g/mol. The Morgan fingerprint density at radius 1 is 1.24 bits per heavy atom. The summed E-state index contributed by atoms with van der Waals surface area (Å²) >= 11 is 12.2. The van der Waals surface area contributed by atoms with Gasteiger partial charge in [-0.3, -0.25) is 9.59 Å². The van der Waals surface area contributed by atoms with Gasteiger partial charge in [0.05, 0.1) is 15.7 Å². The minimum absolute atomic E-state index is 0.0289. The normalized spacial score (nSPS) is 10.6. The van der Waals surface area contributed by atoms with Crippen LogP contribution in [0.25, 0.3) is 0 Å². The van der Waals surface area contributed by atoms with E-state index in [2.05, 4.69) is 5.32 Å². The van der Waals surface area contributed by atoms with Crippen molar-refractivity contribution in [2.24, 2.45) is 5.92 Å². The fourth-order valence-corrected chi connectivity index (χ4v) is 2.53. The summed E-state index contributed by atoms with van der Waals surface area (Å²) in [5.74, 6) is 0.0915. The van der Waals surface area contributed by atoms with Gasteiger partial charge in [0.1, 0.15) is 0 Å². The van der Waals surface area contributed by atoms with E-state index in [9.17, 15) is 9.59 Å². The number of benzene rings is 1. The van der Waals surface area contributed by atoms with Gasteiger partial charge in [-0.05, 0) is 18.1 Å². The second-order valence-corrected chi connectivity index (χ2v) is 6.00. The van der Waals surface area contributed by atoms with Crippen LogP contribution in [0.4, 0.5) is 5.69 Å². The highest BCUT2D eigenvalue weighted by molar-refractivity contribution is 6.39. The molecule has 0 radical (unpaired) electrons. The Labute approximate surface area is 135 Å². The number of nitrogens with zero attached hydrogens (tertiary/aromatic N) is 1. The molecule has 1 N–H and O–H groups in total. The first-order chi connectivity index (χ1) is 9.82. The molecule has 0 aliphatic heterocycles. The molecule has 4 nitrogen and oxygen atoms in total. The topological polar surface area (TPSA) is 49.4 Å². The molecule has 0 heterocycles. The first kappa shape index (κ1) is 17.8. The van der Waals surface area contributed by atoms with Crippen molar-refractivity contribution in [3.05, 3.63) is 28.2 Å². The van der Waals surface area contributed by atoms with Crippen molar-refractivity contribution in [2.75, 3.05) is 18.0 Å². The third kappa shape index (κ3) is 5.56. The van der Waals surface area contributed by atoms with Crippen molar-refractivity contribution in [1.29, 1.82) is 0 Å². The number of rotatable bonds is 6. The van der Waals surface area contributed by atoms with Gasteiger partial charge in [0.25, 0.3) is 0 Å². The van der Waals surface area contributed by atoms with E-state index in [1.54, 1.807) is 18.2 Å². The minimum atomic E-state index is -0.178. The number of hydrogen-bond donors (Lipinski definition) is 1. The maximum absolute atomic E-state index is 11.8. The molecule has 1 aromatic rings. The zero-order valence-electron chi connectivity index (χ0n) is 12.5. The van der Waals surface area contributed by atoms with Crippen LogP contribution in [0.3, 0.4) is 0 Å². The van der Waals surface area contributed by atoms with E-state index < -0.39 is 0 Å². The first-order valence-corrected chi connectivity index (χ1v) is 7.57. The van der Waals surface area contributed by atoms with E-state index >= 15 is 0 Å². The van der Waals surface area contributed by atoms with Crippen molar-refractivity contribution in [3.63, 3.8) is 0 Å². The highest BCUT2D eigenvalue weighted by atomic mass is 35.5. The quantitative estimate of drug-likeness (QED) is 0.867. The fourth-order valence-electron chi connectivity index (χ4n) is 1.92. The Kier molecular flexibility index (Phi) is 6.99. The van der Waals surface area contributed by atoms with Gasteiger partial charge in [-0.25, -0.2) is 0 Å². The smallest absolute Gasteiger partial charge is 0.224 e. The number of nitrogens with one attached hydrogen (secondary N) is 1. The van der Waals surface area contributed by atoms with Crippen LogP contribution in [0.1, 0.15) is 27.2 Å². The maximum Gasteiger partial charge on any atom is 0.224 e. The number of para-hydroxylation sites is 1. The lowest BCUT2D eigenvalue weighted by molar-refractivity contribution is -0.122. The molecule has 0 unspecified atom stereocenters. The SMILES string of the molecule is CC(=O)N(CCNC(=O)CC(C)C)c1c(Cl)cccc1Cl. The minimum Gasteiger partial charge on any atom is -0.354 e. The number of amides is 2. The summed E-state index contributed by atoms with van der Waals surface area (Å²) in [5, 5.41) is 3.61. The summed E-state index contributed by atoms with van der Waals surface area (Å²) < 4.78 is 0. The van der Waals surface area contributed by atoms with Crippen molar-refractivity contribution in [2.45, 2.75) is 27.2 Å². The van der Waals surface area contributed by atoms with Gasteiger partial charge in [0, 0.05) is 26.4 Å². The lowest BCUT2D eigenvalue weighted by atomic mass is 10.1. The summed E-state index contributed by atoms with van der Waals surface area (Å²) in [5.41, 5.74) is 0.478. The summed E-state index contributed by atoms with van der Waals surface area (Å²) in [7, 11) is 0. The highest BCUT2D eigenvalue weighted by Gasteiger charge is 2.18. The van der Waals surface area contributed by atoms with Crippen molar-refractivity contribution < 1.29 is 9.59 Å². The molecule has 0 aliphatic rings. The van der Waals surface area contributed by atoms with Gasteiger partial charge in [0.2, 0.25) is 11.8 Å². The predicted molar refractivity (Wildman–Crippen MR) is 87.0 cm³/mol. The molecular formula is C15H20Cl2N2O2. The van der Waals surface area contributed by atoms with Gasteiger partial charge < -0.3 is 10.2 Å². The molecule has 0 saturated carbocycles. The Hall–Kier alpha value is -1.26. The fraction of sp³-hybridized carbons (Fsp3) is 0.467. The van der Waals surface area contributed by atoms with E-state index in [0.29, 0.717) is 41.2 Å². The number of carbonyl (C=O) groups is 2. The van der Waals surface area contributed by atoms with Crippen molar-refractivity contribution >= 4 is 40.7 Å². The van der Waals surface area contributed by atoms with Crippen LogP contribution in [0.5, 0.6) is 0 Å². The Bertz CT molecular complexity index is 498. The Balaban J connectivity index is 2.72. The van der Waals surface area contributed by atoms with Gasteiger partial charge in [0.15, 0.2) is 0 Å². The molecule has 116 valence electrons. The Morgan fingerprint density at radius 2 is 1.81 bits per heavy atom. The molecule has 6 heteroatoms. The van der Waals surface area contributed by atoms with Crippen LogP contribution in [0.15, 0.2) is 18.2 Å². The number of halogens is 2. The van der Waals surface area contributed by atoms with E-state index in [1.807, 2.05) is 13.8 Å². The summed E-state index contributed by atoms with van der Waals surface area (Å²) in [6.45, 7) is 6.07. The average Bonchev–Trinajstić information content (AvgIpc) is 2.35. The standard InChI is InChI=1S/C15H20Cl2N2O2/c1-10(2)9-14(21)18-7-8-19(11(3)20)15-12(16)5-4-6-13(15)17/h4-6,10H,7-9H2,1-3H3,(H,18,21). The zero-order valence-corrected chi connectivity index (χ0v) is 14.0. The number of hydrogen-bond acceptors (Lipinski definition) is 2. The van der Waals surface area contributed by atoms with Crippen LogP contribution in [-0.2, 0) is 9.59 Å². The monoisotopic (exact) mass is 330 g/mol. The van der Waals surface area contributed by atoms with Crippen molar-refractivity contribution in [1.82, 2.24) is 5.32 Å². The molecule has 21 heavy (non-hydrogen) atoms. The van der Waals surface area contributed by atoms with Gasteiger partial charge in [-0.2, -0.15) is 0 Å². The number of carbonyl (C=O) groups excluding carboxylic acids is 2. The second-order valence-electron chi connectivity index (χ2n) is 5.19. The van der Waals surface area contributed by atoms with E-state index in [-0.39, 0.29) is 11.8 Å². The van der Waals surface area contributed by atoms with Crippen LogP contribution in [0.2, 0.25) is 10.0 Å². The molecule has 0 saturated heterocycles. The van der Waals surface area contributed by atoms with Crippen LogP contribution in [0, 0.1) is 5.92 Å². The predicted octanol–water partition coefficient (Wildman–Crippen LogP) is 3.51. The van der Waals surface area contributed by atoms with Gasteiger partial charge in [-0.15, -0.1) is 0 Å². The van der Waals surface area contributed by atoms with Gasteiger partial charge >= 0.3 is 0 Å². The lowest BCUT2D eigenvalue weighted by Gasteiger charge is -2.23. The van der Waals surface area contributed by atoms with E-state index in [4.69, 9.17) is 23.2 Å². The zero-order chi connectivity index (χ0) is 16.0. The van der Waals surface area contributed by atoms with E-state index in [0.717, 1.165) is 0 Å². The summed E-state index contributed by atoms with van der Waals surface area (Å²) in [4.78, 5) is 24.9. The van der Waals surface area contributed by atoms with E-state index in [1.165, 1.54) is 11.8 Å². The molecule has 0 fully saturated rings. The summed E-state index contributed by atoms with van der Waals surface area (Å²) in [6, 6.07) is 5.07. The maximum atomic E-state index is 11.8. The third-order valence-corrected chi connectivity index (χ3v) is 3.45. The average molecular weight is 331 g/mol. The molecule has 0 bridgehead atoms. The number of anilines is 1. The van der Waals surface area contributed by atoms with Crippen molar-refractivity contribution in [3.8, 4) is 0 Å².